The van der Waals surface area contributed by atoms with Crippen molar-refractivity contribution in [3.63, 3.8) is 0 Å². The van der Waals surface area contributed by atoms with Crippen LogP contribution < -0.4 is 5.73 Å². The summed E-state index contributed by atoms with van der Waals surface area (Å²) < 4.78 is 6.85. The van der Waals surface area contributed by atoms with Crippen molar-refractivity contribution in [2.75, 3.05) is 12.3 Å². The van der Waals surface area contributed by atoms with E-state index in [1.54, 1.807) is 0 Å². The van der Waals surface area contributed by atoms with Gasteiger partial charge >= 0.3 is 5.97 Å². The van der Waals surface area contributed by atoms with E-state index in [0.717, 1.165) is 6.08 Å². The lowest BCUT2D eigenvalue weighted by atomic mass is 9.92. The minimum absolute atomic E-state index is 0.0692. The van der Waals surface area contributed by atoms with Crippen LogP contribution in [0.3, 0.4) is 0 Å². The number of aliphatic hydroxyl groups excluding tert-OH is 6. The first-order valence-electron chi connectivity index (χ1n) is 9.19. The second kappa shape index (κ2) is 9.19. The summed E-state index contributed by atoms with van der Waals surface area (Å²) in [6.07, 6.45) is -4.29. The molecule has 0 saturated carbocycles. The van der Waals surface area contributed by atoms with E-state index in [1.165, 1.54) is 17.2 Å². The Morgan fingerprint density at radius 1 is 1.13 bits per heavy atom. The lowest BCUT2D eigenvalue weighted by Gasteiger charge is -2.25. The molecular formula is C17H23N5O9. The zero-order valence-electron chi connectivity index (χ0n) is 16.0. The molecule has 0 radical (unpaired) electrons. The monoisotopic (exact) mass is 441 g/mol. The Morgan fingerprint density at radius 2 is 1.84 bits per heavy atom. The van der Waals surface area contributed by atoms with Gasteiger partial charge in [-0.1, -0.05) is 0 Å². The molecule has 2 aromatic rings. The van der Waals surface area contributed by atoms with Gasteiger partial charge in [-0.15, -0.1) is 0 Å². The number of imidazole rings is 1. The predicted molar refractivity (Wildman–Crippen MR) is 101 cm³/mol. The number of aliphatic carboxylic acids is 1. The van der Waals surface area contributed by atoms with Crippen LogP contribution in [0, 0.1) is 0 Å². The van der Waals surface area contributed by atoms with E-state index in [-0.39, 0.29) is 17.8 Å². The number of anilines is 1. The van der Waals surface area contributed by atoms with Gasteiger partial charge in [0, 0.05) is 12.0 Å². The van der Waals surface area contributed by atoms with Gasteiger partial charge in [0.05, 0.1) is 19.0 Å². The number of nitrogens with zero attached hydrogens (tertiary/aromatic N) is 4. The topological polar surface area (TPSA) is 238 Å². The standard InChI is InChI=1S/C10H13N5O4.C7H10O5/c11-8-5-9(13-2-12-8)15(3-14-5)10-7(18)6(17)4(1-16)19-10;8-4-1-3(7(11)12)2-5(9)6(4)10/h2-4,6-7,10,16-18H,1H2,(H2,11,12,13);1,4-6,8-10H,2H2,(H,11,12)/t4-,6-,7-,10-;4-,5-,6-/m11/s1. The number of fused-ring (bicyclic) bond motifs is 1. The summed E-state index contributed by atoms with van der Waals surface area (Å²) in [5, 5.41) is 64.3. The van der Waals surface area contributed by atoms with Gasteiger partial charge in [0.2, 0.25) is 0 Å². The molecule has 3 heterocycles. The lowest BCUT2D eigenvalue weighted by Crippen LogP contribution is -2.40. The number of ether oxygens (including phenoxy) is 1. The number of rotatable bonds is 3. The highest BCUT2D eigenvalue weighted by molar-refractivity contribution is 5.87. The molecule has 0 amide bonds. The maximum absolute atomic E-state index is 10.4. The Balaban J connectivity index is 0.000000196. The fourth-order valence-corrected chi connectivity index (χ4v) is 3.27. The molecule has 14 heteroatoms. The van der Waals surface area contributed by atoms with Crippen molar-refractivity contribution in [3.8, 4) is 0 Å². The normalized spacial score (nSPS) is 33.0. The maximum atomic E-state index is 10.4. The van der Waals surface area contributed by atoms with Crippen LogP contribution in [0.4, 0.5) is 5.82 Å². The van der Waals surface area contributed by atoms with Gasteiger partial charge in [-0.05, 0) is 6.08 Å². The van der Waals surface area contributed by atoms with Crippen LogP contribution in [0.15, 0.2) is 24.3 Å². The summed E-state index contributed by atoms with van der Waals surface area (Å²) in [6, 6.07) is 0. The van der Waals surface area contributed by atoms with E-state index >= 15 is 0 Å². The molecule has 7 atom stereocenters. The van der Waals surface area contributed by atoms with Crippen molar-refractivity contribution in [2.45, 2.75) is 49.3 Å². The highest BCUT2D eigenvalue weighted by Crippen LogP contribution is 2.31. The molecule has 1 aliphatic carbocycles. The number of carbonyl (C=O) groups is 1. The van der Waals surface area contributed by atoms with Crippen LogP contribution in [0.5, 0.6) is 0 Å². The molecular weight excluding hydrogens is 418 g/mol. The Morgan fingerprint density at radius 3 is 2.42 bits per heavy atom. The SMILES string of the molecule is Nc1ncnc2c1ncn2[C@@H]1O[C@H](CO)[C@@H](O)[C@H]1O.O=C(O)C1=C[C@@H](O)[C@@H](O)[C@H](O)C1. The molecule has 14 nitrogen and oxygen atoms in total. The Kier molecular flexibility index (Phi) is 6.80. The smallest absolute Gasteiger partial charge is 0.331 e. The Labute approximate surface area is 174 Å². The second-order valence-corrected chi connectivity index (χ2v) is 7.06. The minimum atomic E-state index is -1.29. The quantitative estimate of drug-likeness (QED) is 0.231. The summed E-state index contributed by atoms with van der Waals surface area (Å²) in [5.41, 5.74) is 6.37. The number of aromatic nitrogens is 4. The first-order chi connectivity index (χ1) is 14.6. The van der Waals surface area contributed by atoms with Crippen molar-refractivity contribution in [1.29, 1.82) is 0 Å². The number of aliphatic hydroxyl groups is 6. The molecule has 0 unspecified atom stereocenters. The van der Waals surface area contributed by atoms with Gasteiger partial charge < -0.3 is 46.2 Å². The van der Waals surface area contributed by atoms with Crippen LogP contribution in [0.1, 0.15) is 12.6 Å². The van der Waals surface area contributed by atoms with E-state index < -0.39 is 55.4 Å². The zero-order valence-corrected chi connectivity index (χ0v) is 16.0. The molecule has 0 spiro atoms. The van der Waals surface area contributed by atoms with E-state index in [9.17, 15) is 15.0 Å². The maximum Gasteiger partial charge on any atom is 0.331 e. The number of hydrogen-bond donors (Lipinski definition) is 8. The molecule has 1 aliphatic heterocycles. The number of nitrogens with two attached hydrogens (primary N) is 1. The predicted octanol–water partition coefficient (Wildman–Crippen LogP) is -3.50. The van der Waals surface area contributed by atoms with Crippen LogP contribution in [0.2, 0.25) is 0 Å². The van der Waals surface area contributed by atoms with Crippen LogP contribution >= 0.6 is 0 Å². The van der Waals surface area contributed by atoms with Gasteiger partial charge in [0.25, 0.3) is 0 Å². The summed E-state index contributed by atoms with van der Waals surface area (Å²) >= 11 is 0. The van der Waals surface area contributed by atoms with Gasteiger partial charge in [-0.3, -0.25) is 4.57 Å². The first kappa shape index (κ1) is 23.0. The number of nitrogen functional groups attached to an aromatic ring is 1. The van der Waals surface area contributed by atoms with Crippen LogP contribution in [0.25, 0.3) is 11.2 Å². The van der Waals surface area contributed by atoms with Crippen molar-refractivity contribution < 1.29 is 45.3 Å². The number of carboxylic acid groups (broad SMARTS) is 1. The van der Waals surface area contributed by atoms with Gasteiger partial charge in [-0.25, -0.2) is 19.7 Å². The van der Waals surface area contributed by atoms with Gasteiger partial charge in [0.1, 0.15) is 42.4 Å². The third-order valence-electron chi connectivity index (χ3n) is 5.00. The fourth-order valence-electron chi connectivity index (χ4n) is 3.27. The van der Waals surface area contributed by atoms with Crippen LogP contribution in [-0.2, 0) is 9.53 Å². The van der Waals surface area contributed by atoms with Gasteiger partial charge in [0.15, 0.2) is 17.7 Å². The molecule has 0 aromatic carbocycles. The van der Waals surface area contributed by atoms with E-state index in [0.29, 0.717) is 11.2 Å². The molecule has 0 bridgehead atoms. The average Bonchev–Trinajstić information content (AvgIpc) is 3.28. The van der Waals surface area contributed by atoms with E-state index in [4.69, 9.17) is 36.0 Å². The van der Waals surface area contributed by atoms with Crippen molar-refractivity contribution in [3.05, 3.63) is 24.3 Å². The molecule has 4 rings (SSSR count). The molecule has 31 heavy (non-hydrogen) atoms. The molecule has 2 aliphatic rings. The first-order valence-corrected chi connectivity index (χ1v) is 9.19. The summed E-state index contributed by atoms with van der Waals surface area (Å²) in [6.45, 7) is -0.390. The van der Waals surface area contributed by atoms with Gasteiger partial charge in [-0.2, -0.15) is 0 Å². The average molecular weight is 441 g/mol. The summed E-state index contributed by atoms with van der Waals surface area (Å²) in [5.74, 6) is -0.963. The number of hydrogen-bond acceptors (Lipinski definition) is 12. The second-order valence-electron chi connectivity index (χ2n) is 7.06. The molecule has 9 N–H and O–H groups in total. The zero-order chi connectivity index (χ0) is 22.9. The minimum Gasteiger partial charge on any atom is -0.478 e. The highest BCUT2D eigenvalue weighted by Gasteiger charge is 2.44. The third kappa shape index (κ3) is 4.49. The highest BCUT2D eigenvalue weighted by atomic mass is 16.6. The van der Waals surface area contributed by atoms with Crippen molar-refractivity contribution in [1.82, 2.24) is 19.5 Å². The number of carboxylic acids is 1. The van der Waals surface area contributed by atoms with Crippen molar-refractivity contribution >= 4 is 23.0 Å². The molecule has 1 fully saturated rings. The summed E-state index contributed by atoms with van der Waals surface area (Å²) in [4.78, 5) is 22.3. The van der Waals surface area contributed by atoms with Crippen molar-refractivity contribution in [2.24, 2.45) is 0 Å². The van der Waals surface area contributed by atoms with E-state index in [2.05, 4.69) is 15.0 Å². The van der Waals surface area contributed by atoms with E-state index in [1.807, 2.05) is 0 Å². The molecule has 2 aromatic heterocycles. The largest absolute Gasteiger partial charge is 0.478 e. The Bertz CT molecular complexity index is 967. The third-order valence-corrected chi connectivity index (χ3v) is 5.00. The van der Waals surface area contributed by atoms with Crippen LogP contribution in [-0.4, -0.2) is 104 Å². The Hall–Kier alpha value is -2.72. The fraction of sp³-hybridized carbons (Fsp3) is 0.529. The lowest BCUT2D eigenvalue weighted by molar-refractivity contribution is -0.134. The molecule has 170 valence electrons. The summed E-state index contributed by atoms with van der Waals surface area (Å²) in [7, 11) is 0. The molecule has 1 saturated heterocycles.